The molecule has 2 heteroatoms. The lowest BCUT2D eigenvalue weighted by Crippen LogP contribution is -2.49. The molecule has 2 unspecified atom stereocenters. The summed E-state index contributed by atoms with van der Waals surface area (Å²) in [5.74, 6) is 0. The molecule has 66 valence electrons. The molecule has 0 heterocycles. The van der Waals surface area contributed by atoms with E-state index in [1.807, 2.05) is 0 Å². The Labute approximate surface area is 69.3 Å². The van der Waals surface area contributed by atoms with Crippen LogP contribution in [0.1, 0.15) is 39.5 Å². The van der Waals surface area contributed by atoms with Crippen LogP contribution < -0.4 is 11.5 Å². The molecule has 1 aliphatic carbocycles. The van der Waals surface area contributed by atoms with Crippen LogP contribution in [-0.4, -0.2) is 12.1 Å². The first-order valence-electron chi connectivity index (χ1n) is 4.61. The summed E-state index contributed by atoms with van der Waals surface area (Å²) in [6.45, 7) is 4.18. The van der Waals surface area contributed by atoms with Crippen molar-refractivity contribution < 1.29 is 0 Å². The highest BCUT2D eigenvalue weighted by Gasteiger charge is 2.40. The van der Waals surface area contributed by atoms with Gasteiger partial charge in [0.05, 0.1) is 0 Å². The van der Waals surface area contributed by atoms with E-state index < -0.39 is 0 Å². The van der Waals surface area contributed by atoms with Gasteiger partial charge in [0, 0.05) is 17.5 Å². The molecule has 0 aliphatic heterocycles. The Morgan fingerprint density at radius 2 is 1.36 bits per heavy atom. The highest BCUT2D eigenvalue weighted by Crippen LogP contribution is 2.42. The molecule has 1 fully saturated rings. The van der Waals surface area contributed by atoms with Crippen molar-refractivity contribution in [3.8, 4) is 0 Å². The Morgan fingerprint density at radius 3 is 1.55 bits per heavy atom. The molecule has 0 saturated heterocycles. The molecule has 0 amide bonds. The number of nitrogens with two attached hydrogens (primary N) is 2. The smallest absolute Gasteiger partial charge is 0.00817 e. The van der Waals surface area contributed by atoms with Crippen molar-refractivity contribution in [1.82, 2.24) is 0 Å². The SMILES string of the molecule is CC(N)C1(C(C)N)CCCC1. The van der Waals surface area contributed by atoms with Crippen molar-refractivity contribution in [2.24, 2.45) is 16.9 Å². The first kappa shape index (κ1) is 9.01. The highest BCUT2D eigenvalue weighted by molar-refractivity contribution is 4.96. The molecule has 0 radical (unpaired) electrons. The topological polar surface area (TPSA) is 52.0 Å². The molecule has 2 atom stereocenters. The fourth-order valence-corrected chi connectivity index (χ4v) is 2.36. The average Bonchev–Trinajstić information content (AvgIpc) is 2.34. The van der Waals surface area contributed by atoms with Gasteiger partial charge in [0.25, 0.3) is 0 Å². The molecule has 0 aromatic heterocycles. The molecule has 2 nitrogen and oxygen atoms in total. The second kappa shape index (κ2) is 3.11. The number of hydrogen-bond donors (Lipinski definition) is 2. The maximum absolute atomic E-state index is 5.95. The molecule has 0 spiro atoms. The predicted octanol–water partition coefficient (Wildman–Crippen LogP) is 1.24. The summed E-state index contributed by atoms with van der Waals surface area (Å²) < 4.78 is 0. The summed E-state index contributed by atoms with van der Waals surface area (Å²) in [5.41, 5.74) is 12.2. The Morgan fingerprint density at radius 1 is 1.00 bits per heavy atom. The normalized spacial score (nSPS) is 28.4. The maximum Gasteiger partial charge on any atom is 0.00817 e. The quantitative estimate of drug-likeness (QED) is 0.632. The van der Waals surface area contributed by atoms with Gasteiger partial charge >= 0.3 is 0 Å². The van der Waals surface area contributed by atoms with Crippen LogP contribution in [0.4, 0.5) is 0 Å². The van der Waals surface area contributed by atoms with Crippen molar-refractivity contribution in [2.75, 3.05) is 0 Å². The van der Waals surface area contributed by atoms with Gasteiger partial charge in [0.1, 0.15) is 0 Å². The third kappa shape index (κ3) is 1.42. The van der Waals surface area contributed by atoms with E-state index in [1.165, 1.54) is 25.7 Å². The molecule has 0 aromatic rings. The van der Waals surface area contributed by atoms with Gasteiger partial charge in [-0.25, -0.2) is 0 Å². The highest BCUT2D eigenvalue weighted by atomic mass is 14.8. The first-order chi connectivity index (χ1) is 5.09. The van der Waals surface area contributed by atoms with Crippen LogP contribution in [0.2, 0.25) is 0 Å². The Kier molecular flexibility index (Phi) is 2.55. The van der Waals surface area contributed by atoms with Gasteiger partial charge in [-0.2, -0.15) is 0 Å². The van der Waals surface area contributed by atoms with Crippen molar-refractivity contribution in [3.63, 3.8) is 0 Å². The second-order valence-electron chi connectivity index (χ2n) is 4.02. The van der Waals surface area contributed by atoms with Crippen LogP contribution in [0, 0.1) is 5.41 Å². The first-order valence-corrected chi connectivity index (χ1v) is 4.61. The monoisotopic (exact) mass is 156 g/mol. The molecule has 1 rings (SSSR count). The summed E-state index contributed by atoms with van der Waals surface area (Å²) in [5, 5.41) is 0. The molecular formula is C9H20N2. The van der Waals surface area contributed by atoms with Crippen LogP contribution in [0.5, 0.6) is 0 Å². The largest absolute Gasteiger partial charge is 0.327 e. The van der Waals surface area contributed by atoms with Gasteiger partial charge in [0.2, 0.25) is 0 Å². The van der Waals surface area contributed by atoms with E-state index in [1.54, 1.807) is 0 Å². The standard InChI is InChI=1S/C9H20N2/c1-7(10)9(8(2)11)5-3-4-6-9/h7-8H,3-6,10-11H2,1-2H3. The van der Waals surface area contributed by atoms with E-state index in [4.69, 9.17) is 11.5 Å². The van der Waals surface area contributed by atoms with Crippen LogP contribution in [0.25, 0.3) is 0 Å². The van der Waals surface area contributed by atoms with E-state index in [0.29, 0.717) is 0 Å². The van der Waals surface area contributed by atoms with Crippen LogP contribution in [-0.2, 0) is 0 Å². The van der Waals surface area contributed by atoms with E-state index in [0.717, 1.165) is 0 Å². The average molecular weight is 156 g/mol. The second-order valence-corrected chi connectivity index (χ2v) is 4.02. The lowest BCUT2D eigenvalue weighted by Gasteiger charge is -2.37. The van der Waals surface area contributed by atoms with Gasteiger partial charge < -0.3 is 11.5 Å². The van der Waals surface area contributed by atoms with Gasteiger partial charge in [0.15, 0.2) is 0 Å². The minimum atomic E-state index is 0.250. The summed E-state index contributed by atoms with van der Waals surface area (Å²) in [6.07, 6.45) is 5.07. The predicted molar refractivity (Wildman–Crippen MR) is 48.2 cm³/mol. The van der Waals surface area contributed by atoms with Gasteiger partial charge in [-0.05, 0) is 26.7 Å². The molecule has 4 N–H and O–H groups in total. The lowest BCUT2D eigenvalue weighted by atomic mass is 9.74. The zero-order valence-corrected chi connectivity index (χ0v) is 7.64. The zero-order chi connectivity index (χ0) is 8.48. The zero-order valence-electron chi connectivity index (χ0n) is 7.64. The van der Waals surface area contributed by atoms with Gasteiger partial charge in [-0.15, -0.1) is 0 Å². The molecule has 0 bridgehead atoms. The fourth-order valence-electron chi connectivity index (χ4n) is 2.36. The third-order valence-electron chi connectivity index (χ3n) is 3.35. The van der Waals surface area contributed by atoms with Crippen molar-refractivity contribution in [1.29, 1.82) is 0 Å². The lowest BCUT2D eigenvalue weighted by molar-refractivity contribution is 0.198. The third-order valence-corrected chi connectivity index (χ3v) is 3.35. The van der Waals surface area contributed by atoms with E-state index in [-0.39, 0.29) is 17.5 Å². The fraction of sp³-hybridized carbons (Fsp3) is 1.00. The summed E-state index contributed by atoms with van der Waals surface area (Å²) in [7, 11) is 0. The van der Waals surface area contributed by atoms with E-state index >= 15 is 0 Å². The molecule has 11 heavy (non-hydrogen) atoms. The maximum atomic E-state index is 5.95. The minimum absolute atomic E-state index is 0.250. The van der Waals surface area contributed by atoms with Crippen LogP contribution in [0.3, 0.4) is 0 Å². The van der Waals surface area contributed by atoms with Crippen molar-refractivity contribution in [3.05, 3.63) is 0 Å². The molecule has 0 aromatic carbocycles. The van der Waals surface area contributed by atoms with Gasteiger partial charge in [-0.3, -0.25) is 0 Å². The van der Waals surface area contributed by atoms with E-state index in [9.17, 15) is 0 Å². The Balaban J connectivity index is 2.70. The molecular weight excluding hydrogens is 136 g/mol. The Bertz CT molecular complexity index is 114. The number of hydrogen-bond acceptors (Lipinski definition) is 2. The van der Waals surface area contributed by atoms with Crippen LogP contribution >= 0.6 is 0 Å². The summed E-state index contributed by atoms with van der Waals surface area (Å²) >= 11 is 0. The summed E-state index contributed by atoms with van der Waals surface area (Å²) in [4.78, 5) is 0. The van der Waals surface area contributed by atoms with Crippen molar-refractivity contribution in [2.45, 2.75) is 51.6 Å². The number of rotatable bonds is 2. The van der Waals surface area contributed by atoms with Gasteiger partial charge in [-0.1, -0.05) is 12.8 Å². The summed E-state index contributed by atoms with van der Waals surface area (Å²) in [6, 6.07) is 0.509. The van der Waals surface area contributed by atoms with Crippen molar-refractivity contribution >= 4 is 0 Å². The van der Waals surface area contributed by atoms with E-state index in [2.05, 4.69) is 13.8 Å². The molecule has 1 aliphatic rings. The minimum Gasteiger partial charge on any atom is -0.327 e. The van der Waals surface area contributed by atoms with Crippen LogP contribution in [0.15, 0.2) is 0 Å². The molecule has 1 saturated carbocycles. The Hall–Kier alpha value is -0.0800.